The zero-order valence-electron chi connectivity index (χ0n) is 11.3. The van der Waals surface area contributed by atoms with Gasteiger partial charge >= 0.3 is 0 Å². The van der Waals surface area contributed by atoms with Crippen molar-refractivity contribution in [3.63, 3.8) is 0 Å². The maximum Gasteiger partial charge on any atom is 0.261 e. The van der Waals surface area contributed by atoms with Crippen LogP contribution in [0.4, 0.5) is 8.78 Å². The molecule has 0 saturated carbocycles. The maximum absolute atomic E-state index is 13.2. The van der Waals surface area contributed by atoms with Gasteiger partial charge in [0.25, 0.3) is 5.56 Å². The van der Waals surface area contributed by atoms with Gasteiger partial charge in [0.2, 0.25) is 0 Å². The van der Waals surface area contributed by atoms with Crippen LogP contribution < -0.4 is 5.56 Å². The Morgan fingerprint density at radius 1 is 1.23 bits per heavy atom. The number of pyridine rings is 1. The standard InChI is InChI=1S/C15H11F2N3O2/c16-11-2-1-9(5-12(11)17)14(21)7-20-8-19-13-6-18-4-3-10(13)15(20)22/h1-6,8,14,21H,7H2. The summed E-state index contributed by atoms with van der Waals surface area (Å²) in [5.41, 5.74) is 0.292. The van der Waals surface area contributed by atoms with E-state index in [1.165, 1.54) is 35.4 Å². The molecule has 3 rings (SSSR count). The van der Waals surface area contributed by atoms with Crippen LogP contribution in [-0.2, 0) is 6.54 Å². The van der Waals surface area contributed by atoms with Crippen molar-refractivity contribution in [2.75, 3.05) is 0 Å². The molecule has 0 aliphatic rings. The molecule has 22 heavy (non-hydrogen) atoms. The number of rotatable bonds is 3. The third-order valence-electron chi connectivity index (χ3n) is 3.33. The first-order chi connectivity index (χ1) is 10.6. The molecule has 2 aromatic heterocycles. The fourth-order valence-electron chi connectivity index (χ4n) is 2.15. The molecule has 5 nitrogen and oxygen atoms in total. The first kappa shape index (κ1) is 14.3. The monoisotopic (exact) mass is 303 g/mol. The highest BCUT2D eigenvalue weighted by Crippen LogP contribution is 2.17. The molecule has 0 bridgehead atoms. The fraction of sp³-hybridized carbons (Fsp3) is 0.133. The number of halogens is 2. The highest BCUT2D eigenvalue weighted by atomic mass is 19.2. The lowest BCUT2D eigenvalue weighted by molar-refractivity contribution is 0.154. The molecule has 1 aromatic carbocycles. The Bertz CT molecular complexity index is 895. The smallest absolute Gasteiger partial charge is 0.261 e. The van der Waals surface area contributed by atoms with Gasteiger partial charge in [0.1, 0.15) is 0 Å². The predicted octanol–water partition coefficient (Wildman–Crippen LogP) is 1.80. The molecular formula is C15H11F2N3O2. The summed E-state index contributed by atoms with van der Waals surface area (Å²) in [5, 5.41) is 10.5. The van der Waals surface area contributed by atoms with E-state index in [2.05, 4.69) is 9.97 Å². The third kappa shape index (κ3) is 2.58. The van der Waals surface area contributed by atoms with Crippen LogP contribution in [0.5, 0.6) is 0 Å². The SMILES string of the molecule is O=c1c2ccncc2ncn1CC(O)c1ccc(F)c(F)c1. The Labute approximate surface area is 123 Å². The average molecular weight is 303 g/mol. The number of aliphatic hydroxyl groups is 1. The molecule has 112 valence electrons. The number of benzene rings is 1. The topological polar surface area (TPSA) is 68.0 Å². The summed E-state index contributed by atoms with van der Waals surface area (Å²) in [6.07, 6.45) is 3.07. The quantitative estimate of drug-likeness (QED) is 0.801. The van der Waals surface area contributed by atoms with Crippen molar-refractivity contribution in [3.8, 4) is 0 Å². The van der Waals surface area contributed by atoms with Crippen molar-refractivity contribution in [3.05, 3.63) is 70.5 Å². The average Bonchev–Trinajstić information content (AvgIpc) is 2.53. The zero-order chi connectivity index (χ0) is 15.7. The van der Waals surface area contributed by atoms with Crippen LogP contribution in [-0.4, -0.2) is 19.6 Å². The summed E-state index contributed by atoms with van der Waals surface area (Å²) in [7, 11) is 0. The third-order valence-corrected chi connectivity index (χ3v) is 3.33. The molecule has 0 amide bonds. The number of hydrogen-bond donors (Lipinski definition) is 1. The largest absolute Gasteiger partial charge is 0.387 e. The van der Waals surface area contributed by atoms with E-state index in [1.54, 1.807) is 0 Å². The summed E-state index contributed by atoms with van der Waals surface area (Å²) >= 11 is 0. The van der Waals surface area contributed by atoms with Crippen LogP contribution in [0.25, 0.3) is 10.9 Å². The second kappa shape index (κ2) is 5.61. The molecule has 0 aliphatic carbocycles. The lowest BCUT2D eigenvalue weighted by Gasteiger charge is -2.13. The van der Waals surface area contributed by atoms with Gasteiger partial charge in [-0.3, -0.25) is 14.3 Å². The van der Waals surface area contributed by atoms with Crippen LogP contribution in [0.1, 0.15) is 11.7 Å². The van der Waals surface area contributed by atoms with Crippen molar-refractivity contribution in [1.82, 2.24) is 14.5 Å². The van der Waals surface area contributed by atoms with Crippen LogP contribution in [0.15, 0.2) is 47.8 Å². The minimum absolute atomic E-state index is 0.116. The molecule has 1 atom stereocenters. The van der Waals surface area contributed by atoms with Crippen molar-refractivity contribution in [2.45, 2.75) is 12.6 Å². The lowest BCUT2D eigenvalue weighted by atomic mass is 10.1. The van der Waals surface area contributed by atoms with Gasteiger partial charge in [-0.05, 0) is 23.8 Å². The second-order valence-corrected chi connectivity index (χ2v) is 4.78. The molecule has 1 N–H and O–H groups in total. The molecule has 0 radical (unpaired) electrons. The number of aromatic nitrogens is 3. The first-order valence-corrected chi connectivity index (χ1v) is 6.48. The molecule has 1 unspecified atom stereocenters. The number of hydrogen-bond acceptors (Lipinski definition) is 4. The second-order valence-electron chi connectivity index (χ2n) is 4.78. The Kier molecular flexibility index (Phi) is 3.64. The minimum atomic E-state index is -1.16. The van der Waals surface area contributed by atoms with Gasteiger partial charge in [-0.2, -0.15) is 0 Å². The van der Waals surface area contributed by atoms with Gasteiger partial charge in [0.15, 0.2) is 11.6 Å². The molecule has 2 heterocycles. The summed E-state index contributed by atoms with van der Waals surface area (Å²) in [4.78, 5) is 20.2. The van der Waals surface area contributed by atoms with E-state index in [4.69, 9.17) is 0 Å². The van der Waals surface area contributed by atoms with E-state index < -0.39 is 17.7 Å². The van der Waals surface area contributed by atoms with Gasteiger partial charge in [-0.1, -0.05) is 6.07 Å². The first-order valence-electron chi connectivity index (χ1n) is 6.48. The number of nitrogens with zero attached hydrogens (tertiary/aromatic N) is 3. The molecule has 3 aromatic rings. The van der Waals surface area contributed by atoms with E-state index in [0.717, 1.165) is 12.1 Å². The Morgan fingerprint density at radius 2 is 2.05 bits per heavy atom. The van der Waals surface area contributed by atoms with E-state index in [0.29, 0.717) is 10.9 Å². The summed E-state index contributed by atoms with van der Waals surface area (Å²) in [6, 6.07) is 4.64. The van der Waals surface area contributed by atoms with Crippen molar-refractivity contribution < 1.29 is 13.9 Å². The van der Waals surface area contributed by atoms with E-state index in [9.17, 15) is 18.7 Å². The highest BCUT2D eigenvalue weighted by molar-refractivity contribution is 5.75. The normalized spacial score (nSPS) is 12.5. The highest BCUT2D eigenvalue weighted by Gasteiger charge is 2.13. The van der Waals surface area contributed by atoms with Crippen LogP contribution in [0, 0.1) is 11.6 Å². The molecule has 0 saturated heterocycles. The van der Waals surface area contributed by atoms with Gasteiger partial charge in [0, 0.05) is 6.20 Å². The Hall–Kier alpha value is -2.67. The molecular weight excluding hydrogens is 292 g/mol. The lowest BCUT2D eigenvalue weighted by Crippen LogP contribution is -2.23. The van der Waals surface area contributed by atoms with Gasteiger partial charge < -0.3 is 5.11 Å². The van der Waals surface area contributed by atoms with E-state index in [1.807, 2.05) is 0 Å². The van der Waals surface area contributed by atoms with Gasteiger partial charge in [-0.25, -0.2) is 13.8 Å². The molecule has 7 heteroatoms. The number of aliphatic hydroxyl groups excluding tert-OH is 1. The molecule has 0 fully saturated rings. The predicted molar refractivity (Wildman–Crippen MR) is 75.1 cm³/mol. The summed E-state index contributed by atoms with van der Waals surface area (Å²) in [6.45, 7) is -0.116. The fourth-order valence-corrected chi connectivity index (χ4v) is 2.15. The van der Waals surface area contributed by atoms with Gasteiger partial charge in [0.05, 0.1) is 36.1 Å². The van der Waals surface area contributed by atoms with Crippen molar-refractivity contribution in [1.29, 1.82) is 0 Å². The Morgan fingerprint density at radius 3 is 2.82 bits per heavy atom. The summed E-state index contributed by atoms with van der Waals surface area (Å²) < 4.78 is 27.3. The minimum Gasteiger partial charge on any atom is -0.387 e. The maximum atomic E-state index is 13.2. The van der Waals surface area contributed by atoms with Crippen LogP contribution in [0.2, 0.25) is 0 Å². The molecule has 0 spiro atoms. The van der Waals surface area contributed by atoms with E-state index in [-0.39, 0.29) is 17.7 Å². The number of fused-ring (bicyclic) bond motifs is 1. The zero-order valence-corrected chi connectivity index (χ0v) is 11.3. The van der Waals surface area contributed by atoms with Gasteiger partial charge in [-0.15, -0.1) is 0 Å². The van der Waals surface area contributed by atoms with E-state index >= 15 is 0 Å². The van der Waals surface area contributed by atoms with Crippen molar-refractivity contribution >= 4 is 10.9 Å². The van der Waals surface area contributed by atoms with Crippen LogP contribution >= 0.6 is 0 Å². The van der Waals surface area contributed by atoms with Crippen LogP contribution in [0.3, 0.4) is 0 Å². The molecule has 0 aliphatic heterocycles. The van der Waals surface area contributed by atoms with Crippen molar-refractivity contribution in [2.24, 2.45) is 0 Å². The Balaban J connectivity index is 1.94. The summed E-state index contributed by atoms with van der Waals surface area (Å²) in [5.74, 6) is -2.04.